The first-order chi connectivity index (χ1) is 16.5. The summed E-state index contributed by atoms with van der Waals surface area (Å²) in [5, 5.41) is 0. The Bertz CT molecular complexity index is 1070. The second-order valence-corrected chi connectivity index (χ2v) is 10.6. The highest BCUT2D eigenvalue weighted by atomic mass is 16.5. The van der Waals surface area contributed by atoms with Crippen molar-refractivity contribution in [2.75, 3.05) is 20.2 Å². The van der Waals surface area contributed by atoms with Gasteiger partial charge in [0, 0.05) is 30.0 Å². The van der Waals surface area contributed by atoms with E-state index in [4.69, 9.17) is 10.5 Å². The summed E-state index contributed by atoms with van der Waals surface area (Å²) >= 11 is 0. The van der Waals surface area contributed by atoms with E-state index in [9.17, 15) is 0 Å². The molecule has 3 aliphatic rings. The molecule has 2 N–H and O–H groups in total. The van der Waals surface area contributed by atoms with Crippen LogP contribution in [0.4, 0.5) is 0 Å². The van der Waals surface area contributed by atoms with E-state index in [1.807, 2.05) is 7.11 Å². The van der Waals surface area contributed by atoms with E-state index in [1.165, 1.54) is 22.3 Å². The van der Waals surface area contributed by atoms with Gasteiger partial charge < -0.3 is 10.5 Å². The van der Waals surface area contributed by atoms with Gasteiger partial charge in [-0.2, -0.15) is 0 Å². The van der Waals surface area contributed by atoms with Crippen molar-refractivity contribution in [1.29, 1.82) is 0 Å². The molecule has 0 aliphatic carbocycles. The van der Waals surface area contributed by atoms with Crippen LogP contribution in [-0.2, 0) is 0 Å². The SMILES string of the molecule is COc1c(C(C)C)cccc1C1CN2CCC1C(N)C2(C)C(c1ccccc1)c1ccccc1. The van der Waals surface area contributed by atoms with Gasteiger partial charge in [0.05, 0.1) is 7.11 Å². The molecule has 0 spiro atoms. The Morgan fingerprint density at radius 3 is 2.06 bits per heavy atom. The standard InChI is InChI=1S/C31H38N2O/c1-21(2)24-16-11-17-25(29(24)34-4)27-20-33-19-18-26(27)30(32)31(33,3)28(22-12-7-5-8-13-22)23-14-9-6-10-15-23/h5-17,21,26-28,30H,18-20,32H2,1-4H3. The van der Waals surface area contributed by atoms with Crippen LogP contribution < -0.4 is 10.5 Å². The number of nitrogens with two attached hydrogens (primary N) is 1. The number of methoxy groups -OCH3 is 1. The van der Waals surface area contributed by atoms with Crippen molar-refractivity contribution in [2.24, 2.45) is 11.7 Å². The van der Waals surface area contributed by atoms with Crippen molar-refractivity contribution < 1.29 is 4.74 Å². The highest BCUT2D eigenvalue weighted by molar-refractivity contribution is 5.47. The molecule has 3 nitrogen and oxygen atoms in total. The molecule has 0 saturated carbocycles. The second kappa shape index (κ2) is 9.20. The molecule has 3 saturated heterocycles. The van der Waals surface area contributed by atoms with E-state index in [2.05, 4.69) is 105 Å². The van der Waals surface area contributed by atoms with Gasteiger partial charge in [-0.25, -0.2) is 0 Å². The van der Waals surface area contributed by atoms with E-state index >= 15 is 0 Å². The lowest BCUT2D eigenvalue weighted by atomic mass is 9.58. The fourth-order valence-corrected chi connectivity index (χ4v) is 6.90. The minimum atomic E-state index is -0.162. The first kappa shape index (κ1) is 23.1. The smallest absolute Gasteiger partial charge is 0.125 e. The molecule has 0 aromatic heterocycles. The van der Waals surface area contributed by atoms with Crippen LogP contribution >= 0.6 is 0 Å². The molecule has 6 rings (SSSR count). The number of benzene rings is 3. The summed E-state index contributed by atoms with van der Waals surface area (Å²) in [5.74, 6) is 2.51. The van der Waals surface area contributed by atoms with E-state index in [0.717, 1.165) is 25.3 Å². The summed E-state index contributed by atoms with van der Waals surface area (Å²) in [7, 11) is 1.82. The zero-order chi connectivity index (χ0) is 23.9. The molecule has 3 aromatic rings. The van der Waals surface area contributed by atoms with Gasteiger partial charge in [0.1, 0.15) is 5.75 Å². The summed E-state index contributed by atoms with van der Waals surface area (Å²) in [5.41, 5.74) is 12.5. The van der Waals surface area contributed by atoms with Gasteiger partial charge in [0.25, 0.3) is 0 Å². The Morgan fingerprint density at radius 1 is 0.912 bits per heavy atom. The van der Waals surface area contributed by atoms with Gasteiger partial charge in [0.15, 0.2) is 0 Å². The summed E-state index contributed by atoms with van der Waals surface area (Å²) in [6.45, 7) is 9.00. The number of hydrogen-bond acceptors (Lipinski definition) is 3. The van der Waals surface area contributed by atoms with Crippen molar-refractivity contribution in [3.8, 4) is 5.75 Å². The van der Waals surface area contributed by atoms with Crippen LogP contribution in [0.1, 0.15) is 67.2 Å². The maximum atomic E-state index is 7.31. The molecule has 0 amide bonds. The zero-order valence-corrected chi connectivity index (χ0v) is 20.9. The van der Waals surface area contributed by atoms with Gasteiger partial charge in [0.2, 0.25) is 0 Å². The Labute approximate surface area is 204 Å². The summed E-state index contributed by atoms with van der Waals surface area (Å²) < 4.78 is 6.01. The van der Waals surface area contributed by atoms with Crippen LogP contribution in [0.2, 0.25) is 0 Å². The third kappa shape index (κ3) is 3.66. The van der Waals surface area contributed by atoms with E-state index in [0.29, 0.717) is 17.8 Å². The molecule has 178 valence electrons. The van der Waals surface area contributed by atoms with Crippen LogP contribution in [0.15, 0.2) is 78.9 Å². The lowest BCUT2D eigenvalue weighted by Crippen LogP contribution is -2.72. The van der Waals surface area contributed by atoms with Crippen LogP contribution in [-0.4, -0.2) is 36.7 Å². The van der Waals surface area contributed by atoms with Gasteiger partial charge >= 0.3 is 0 Å². The largest absolute Gasteiger partial charge is 0.496 e. The Balaban J connectivity index is 1.58. The molecule has 3 aromatic carbocycles. The minimum Gasteiger partial charge on any atom is -0.496 e. The lowest BCUT2D eigenvalue weighted by molar-refractivity contribution is -0.0611. The van der Waals surface area contributed by atoms with Crippen LogP contribution in [0.3, 0.4) is 0 Å². The number of ether oxygens (including phenoxy) is 1. The summed E-state index contributed by atoms with van der Waals surface area (Å²) in [6, 6.07) is 28.6. The van der Waals surface area contributed by atoms with Crippen molar-refractivity contribution >= 4 is 0 Å². The first-order valence-corrected chi connectivity index (χ1v) is 12.7. The number of fused-ring (bicyclic) bond motifs is 3. The topological polar surface area (TPSA) is 38.5 Å². The van der Waals surface area contributed by atoms with Crippen molar-refractivity contribution in [3.63, 3.8) is 0 Å². The molecule has 3 heteroatoms. The Kier molecular flexibility index (Phi) is 6.26. The normalized spacial score (nSPS) is 28.4. The van der Waals surface area contributed by atoms with E-state index in [1.54, 1.807) is 0 Å². The number of nitrogens with zero attached hydrogens (tertiary/aromatic N) is 1. The summed E-state index contributed by atoms with van der Waals surface area (Å²) in [4.78, 5) is 2.69. The van der Waals surface area contributed by atoms with Crippen molar-refractivity contribution in [1.82, 2.24) is 4.90 Å². The molecule has 3 fully saturated rings. The molecule has 5 unspecified atom stereocenters. The molecule has 5 atom stereocenters. The lowest BCUT2D eigenvalue weighted by Gasteiger charge is -2.62. The third-order valence-electron chi connectivity index (χ3n) is 8.64. The predicted molar refractivity (Wildman–Crippen MR) is 141 cm³/mol. The third-order valence-corrected chi connectivity index (χ3v) is 8.64. The number of piperidine rings is 3. The quantitative estimate of drug-likeness (QED) is 0.485. The van der Waals surface area contributed by atoms with Crippen molar-refractivity contribution in [2.45, 2.75) is 56.5 Å². The Hall–Kier alpha value is -2.62. The van der Waals surface area contributed by atoms with Crippen LogP contribution in [0.25, 0.3) is 0 Å². The first-order valence-electron chi connectivity index (χ1n) is 12.7. The highest BCUT2D eigenvalue weighted by Gasteiger charge is 2.57. The highest BCUT2D eigenvalue weighted by Crippen LogP contribution is 2.54. The maximum absolute atomic E-state index is 7.31. The number of para-hydroxylation sites is 1. The molecule has 3 aliphatic heterocycles. The predicted octanol–water partition coefficient (Wildman–Crippen LogP) is 6.16. The number of hydrogen-bond donors (Lipinski definition) is 1. The fourth-order valence-electron chi connectivity index (χ4n) is 6.90. The average molecular weight is 455 g/mol. The van der Waals surface area contributed by atoms with Gasteiger partial charge in [-0.15, -0.1) is 0 Å². The van der Waals surface area contributed by atoms with Crippen molar-refractivity contribution in [3.05, 3.63) is 101 Å². The van der Waals surface area contributed by atoms with Crippen LogP contribution in [0.5, 0.6) is 5.75 Å². The van der Waals surface area contributed by atoms with Gasteiger partial charge in [-0.3, -0.25) is 4.90 Å². The minimum absolute atomic E-state index is 0.0535. The zero-order valence-electron chi connectivity index (χ0n) is 20.9. The fraction of sp³-hybridized carbons (Fsp3) is 0.419. The monoisotopic (exact) mass is 454 g/mol. The second-order valence-electron chi connectivity index (χ2n) is 10.6. The molecule has 3 heterocycles. The van der Waals surface area contributed by atoms with Gasteiger partial charge in [-0.05, 0) is 54.0 Å². The van der Waals surface area contributed by atoms with Gasteiger partial charge in [-0.1, -0.05) is 92.7 Å². The molecule has 0 radical (unpaired) electrons. The van der Waals surface area contributed by atoms with Crippen LogP contribution in [0, 0.1) is 5.92 Å². The maximum Gasteiger partial charge on any atom is 0.125 e. The molecular formula is C31H38N2O. The molecule has 2 bridgehead atoms. The number of rotatable bonds is 6. The molecule has 34 heavy (non-hydrogen) atoms. The van der Waals surface area contributed by atoms with E-state index in [-0.39, 0.29) is 17.5 Å². The average Bonchev–Trinajstić information content (AvgIpc) is 2.87. The summed E-state index contributed by atoms with van der Waals surface area (Å²) in [6.07, 6.45) is 1.13. The Morgan fingerprint density at radius 2 is 1.53 bits per heavy atom. The molecular weight excluding hydrogens is 416 g/mol. The van der Waals surface area contributed by atoms with E-state index < -0.39 is 0 Å².